The van der Waals surface area contributed by atoms with E-state index in [0.29, 0.717) is 6.54 Å². The number of hydrogen-bond donors (Lipinski definition) is 1. The number of aromatic nitrogens is 1. The van der Waals surface area contributed by atoms with Crippen LogP contribution in [0.1, 0.15) is 39.2 Å². The second-order valence-corrected chi connectivity index (χ2v) is 10.2. The number of rotatable bonds is 5. The van der Waals surface area contributed by atoms with Gasteiger partial charge in [0.05, 0.1) is 10.5 Å². The van der Waals surface area contributed by atoms with Crippen molar-refractivity contribution in [2.45, 2.75) is 37.1 Å². The van der Waals surface area contributed by atoms with Gasteiger partial charge in [-0.1, -0.05) is 12.1 Å². The number of thiophene rings is 1. The van der Waals surface area contributed by atoms with E-state index >= 15 is 0 Å². The van der Waals surface area contributed by atoms with Gasteiger partial charge in [0.1, 0.15) is 5.00 Å². The molecule has 3 aromatic rings. The van der Waals surface area contributed by atoms with E-state index in [9.17, 15) is 13.2 Å². The molecular formula is C21H22N2O3S2. The van der Waals surface area contributed by atoms with E-state index in [1.807, 2.05) is 29.1 Å². The van der Waals surface area contributed by atoms with E-state index in [0.717, 1.165) is 35.4 Å². The maximum Gasteiger partial charge on any atom is 0.254 e. The molecule has 0 radical (unpaired) electrons. The normalized spacial score (nSPS) is 13.9. The molecular weight excluding hydrogens is 392 g/mol. The first-order valence-electron chi connectivity index (χ1n) is 9.28. The van der Waals surface area contributed by atoms with Crippen LogP contribution in [0.5, 0.6) is 0 Å². The van der Waals surface area contributed by atoms with Gasteiger partial charge >= 0.3 is 0 Å². The van der Waals surface area contributed by atoms with Crippen LogP contribution >= 0.6 is 11.3 Å². The van der Waals surface area contributed by atoms with Crippen LogP contribution < -0.4 is 5.32 Å². The van der Waals surface area contributed by atoms with Crippen molar-refractivity contribution in [1.29, 1.82) is 0 Å². The van der Waals surface area contributed by atoms with Crippen molar-refractivity contribution in [2.75, 3.05) is 6.26 Å². The van der Waals surface area contributed by atoms with Crippen molar-refractivity contribution in [3.63, 3.8) is 0 Å². The van der Waals surface area contributed by atoms with Crippen LogP contribution in [-0.2, 0) is 29.2 Å². The number of nitrogens with zero attached hydrogens (tertiary/aromatic N) is 1. The zero-order chi connectivity index (χ0) is 19.7. The molecule has 28 heavy (non-hydrogen) atoms. The van der Waals surface area contributed by atoms with Gasteiger partial charge in [-0.15, -0.1) is 11.3 Å². The minimum Gasteiger partial charge on any atom is -0.348 e. The van der Waals surface area contributed by atoms with Gasteiger partial charge in [-0.05, 0) is 61.1 Å². The van der Waals surface area contributed by atoms with Crippen LogP contribution in [0.25, 0.3) is 5.00 Å². The summed E-state index contributed by atoms with van der Waals surface area (Å²) in [6.45, 7) is 0.360. The highest BCUT2D eigenvalue weighted by Gasteiger charge is 2.26. The summed E-state index contributed by atoms with van der Waals surface area (Å²) in [4.78, 5) is 14.7. The van der Waals surface area contributed by atoms with Gasteiger partial charge < -0.3 is 9.88 Å². The predicted molar refractivity (Wildman–Crippen MR) is 111 cm³/mol. The van der Waals surface area contributed by atoms with E-state index in [-0.39, 0.29) is 10.8 Å². The molecule has 7 heteroatoms. The lowest BCUT2D eigenvalue weighted by Crippen LogP contribution is -2.25. The number of carbonyl (C=O) groups excluding carboxylic acids is 1. The molecule has 1 amide bonds. The van der Waals surface area contributed by atoms with E-state index in [2.05, 4.69) is 5.32 Å². The topological polar surface area (TPSA) is 68.2 Å². The molecule has 1 aromatic carbocycles. The average Bonchev–Trinajstić information content (AvgIpc) is 3.33. The zero-order valence-corrected chi connectivity index (χ0v) is 17.3. The molecule has 0 bridgehead atoms. The number of benzene rings is 1. The van der Waals surface area contributed by atoms with Crippen molar-refractivity contribution in [3.05, 3.63) is 70.4 Å². The van der Waals surface area contributed by atoms with Crippen molar-refractivity contribution in [3.8, 4) is 5.00 Å². The van der Waals surface area contributed by atoms with Gasteiger partial charge in [0.25, 0.3) is 5.91 Å². The molecule has 0 saturated carbocycles. The lowest BCUT2D eigenvalue weighted by atomic mass is 9.95. The van der Waals surface area contributed by atoms with E-state index in [1.165, 1.54) is 23.1 Å². The predicted octanol–water partition coefficient (Wildman–Crippen LogP) is 3.75. The first-order valence-corrected chi connectivity index (χ1v) is 12.0. The summed E-state index contributed by atoms with van der Waals surface area (Å²) in [5, 5.41) is 3.99. The van der Waals surface area contributed by atoms with Crippen LogP contribution in [0.4, 0.5) is 0 Å². The molecule has 0 aliphatic heterocycles. The maximum atomic E-state index is 13.1. The van der Waals surface area contributed by atoms with Crippen LogP contribution in [0, 0.1) is 0 Å². The lowest BCUT2D eigenvalue weighted by Gasteiger charge is -2.13. The number of amides is 1. The number of sulfone groups is 1. The highest BCUT2D eigenvalue weighted by Crippen LogP contribution is 2.36. The van der Waals surface area contributed by atoms with Gasteiger partial charge in [0.15, 0.2) is 9.84 Å². The SMILES string of the molecule is CS(=O)(=O)c1ccc(CNC(=O)c2c(-n3cccc3)sc3c2CCCC3)cc1. The quantitative estimate of drug-likeness (QED) is 0.691. The molecule has 0 unspecified atom stereocenters. The van der Waals surface area contributed by atoms with Crippen molar-refractivity contribution < 1.29 is 13.2 Å². The fourth-order valence-electron chi connectivity index (χ4n) is 3.56. The second-order valence-electron chi connectivity index (χ2n) is 7.08. The zero-order valence-electron chi connectivity index (χ0n) is 15.6. The van der Waals surface area contributed by atoms with Gasteiger partial charge in [0, 0.05) is 30.1 Å². The lowest BCUT2D eigenvalue weighted by molar-refractivity contribution is 0.0950. The van der Waals surface area contributed by atoms with E-state index in [4.69, 9.17) is 0 Å². The highest BCUT2D eigenvalue weighted by molar-refractivity contribution is 7.90. The molecule has 1 aliphatic rings. The Kier molecular flexibility index (Phi) is 5.12. The molecule has 0 fully saturated rings. The van der Waals surface area contributed by atoms with Crippen LogP contribution in [0.2, 0.25) is 0 Å². The Balaban J connectivity index is 1.57. The number of carbonyl (C=O) groups is 1. The highest BCUT2D eigenvalue weighted by atomic mass is 32.2. The smallest absolute Gasteiger partial charge is 0.254 e. The average molecular weight is 415 g/mol. The van der Waals surface area contributed by atoms with Gasteiger partial charge in [-0.25, -0.2) is 8.42 Å². The summed E-state index contributed by atoms with van der Waals surface area (Å²) in [5.74, 6) is -0.0738. The third kappa shape index (κ3) is 3.77. The standard InChI is InChI=1S/C21H22N2O3S2/c1-28(25,26)16-10-8-15(9-11-16)14-22-20(24)19-17-6-2-3-7-18(17)27-21(19)23-12-4-5-13-23/h4-5,8-13H,2-3,6-7,14H2,1H3,(H,22,24). The largest absolute Gasteiger partial charge is 0.348 e. The van der Waals surface area contributed by atoms with Crippen LogP contribution in [-0.4, -0.2) is 25.1 Å². The molecule has 0 spiro atoms. The van der Waals surface area contributed by atoms with Crippen molar-refractivity contribution in [1.82, 2.24) is 9.88 Å². The third-order valence-electron chi connectivity index (χ3n) is 5.02. The molecule has 2 heterocycles. The van der Waals surface area contributed by atoms with E-state index < -0.39 is 9.84 Å². The van der Waals surface area contributed by atoms with Crippen molar-refractivity contribution in [2.24, 2.45) is 0 Å². The number of nitrogens with one attached hydrogen (secondary N) is 1. The Morgan fingerprint density at radius 3 is 2.46 bits per heavy atom. The Morgan fingerprint density at radius 2 is 1.79 bits per heavy atom. The fourth-order valence-corrected chi connectivity index (χ4v) is 5.55. The summed E-state index contributed by atoms with van der Waals surface area (Å²) >= 11 is 1.71. The molecule has 0 saturated heterocycles. The Labute approximate surface area is 168 Å². The molecule has 2 aromatic heterocycles. The molecule has 1 N–H and O–H groups in total. The van der Waals surface area contributed by atoms with Gasteiger partial charge in [-0.2, -0.15) is 0 Å². The molecule has 0 atom stereocenters. The molecule has 5 nitrogen and oxygen atoms in total. The van der Waals surface area contributed by atoms with Crippen LogP contribution in [0.3, 0.4) is 0 Å². The summed E-state index contributed by atoms with van der Waals surface area (Å²) in [7, 11) is -3.22. The molecule has 1 aliphatic carbocycles. The Bertz CT molecular complexity index is 1100. The monoisotopic (exact) mass is 414 g/mol. The summed E-state index contributed by atoms with van der Waals surface area (Å²) in [6.07, 6.45) is 9.39. The summed E-state index contributed by atoms with van der Waals surface area (Å²) in [5.41, 5.74) is 2.83. The van der Waals surface area contributed by atoms with Crippen molar-refractivity contribution >= 4 is 27.1 Å². The minimum absolute atomic E-state index is 0.0738. The maximum absolute atomic E-state index is 13.1. The molecule has 146 valence electrons. The summed E-state index contributed by atoms with van der Waals surface area (Å²) < 4.78 is 25.2. The minimum atomic E-state index is -3.22. The van der Waals surface area contributed by atoms with Crippen LogP contribution in [0.15, 0.2) is 53.7 Å². The Morgan fingerprint density at radius 1 is 1.11 bits per heavy atom. The van der Waals surface area contributed by atoms with Gasteiger partial charge in [-0.3, -0.25) is 4.79 Å². The molecule has 4 rings (SSSR count). The number of aryl methyl sites for hydroxylation is 1. The van der Waals surface area contributed by atoms with Gasteiger partial charge in [0.2, 0.25) is 0 Å². The Hall–Kier alpha value is -2.38. The third-order valence-corrected chi connectivity index (χ3v) is 7.46. The number of fused-ring (bicyclic) bond motifs is 1. The van der Waals surface area contributed by atoms with E-state index in [1.54, 1.807) is 35.6 Å². The first kappa shape index (κ1) is 19.0. The fraction of sp³-hybridized carbons (Fsp3) is 0.286. The summed E-state index contributed by atoms with van der Waals surface area (Å²) in [6, 6.07) is 10.6. The second kappa shape index (κ2) is 7.56. The first-order chi connectivity index (χ1) is 13.4. The number of hydrogen-bond acceptors (Lipinski definition) is 4.